The van der Waals surface area contributed by atoms with Gasteiger partial charge >= 0.3 is 0 Å². The Balaban J connectivity index is 1.68. The normalized spacial score (nSPS) is 43.9. The minimum absolute atomic E-state index is 0.000697. The molecule has 2 nitrogen and oxygen atoms in total. The number of aliphatic hydroxyl groups excluding tert-OH is 1. The van der Waals surface area contributed by atoms with E-state index in [1.54, 1.807) is 0 Å². The molecule has 80 valence electrons. The predicted octanol–water partition coefficient (Wildman–Crippen LogP) is 1.77. The van der Waals surface area contributed by atoms with Crippen molar-refractivity contribution in [3.8, 4) is 0 Å². The molecular formula is C12H21NO. The van der Waals surface area contributed by atoms with Crippen molar-refractivity contribution in [2.45, 2.75) is 63.1 Å². The zero-order valence-corrected chi connectivity index (χ0v) is 8.86. The van der Waals surface area contributed by atoms with Gasteiger partial charge in [0.25, 0.3) is 0 Å². The van der Waals surface area contributed by atoms with Crippen molar-refractivity contribution >= 4 is 0 Å². The third-order valence-electron chi connectivity index (χ3n) is 4.27. The van der Waals surface area contributed by atoms with Gasteiger partial charge in [-0.2, -0.15) is 0 Å². The first-order valence-corrected chi connectivity index (χ1v) is 6.27. The van der Waals surface area contributed by atoms with E-state index in [2.05, 4.69) is 4.90 Å². The van der Waals surface area contributed by atoms with Crippen molar-refractivity contribution in [2.24, 2.45) is 5.92 Å². The Kier molecular flexibility index (Phi) is 2.29. The second-order valence-corrected chi connectivity index (χ2v) is 5.50. The van der Waals surface area contributed by atoms with Gasteiger partial charge in [0.1, 0.15) is 0 Å². The first kappa shape index (κ1) is 9.17. The summed E-state index contributed by atoms with van der Waals surface area (Å²) in [6, 6.07) is 1.44. The van der Waals surface area contributed by atoms with Crippen molar-refractivity contribution in [1.82, 2.24) is 4.90 Å². The number of piperidine rings is 2. The lowest BCUT2D eigenvalue weighted by Gasteiger charge is -2.48. The van der Waals surface area contributed by atoms with Crippen LogP contribution in [-0.4, -0.2) is 34.7 Å². The van der Waals surface area contributed by atoms with Crippen LogP contribution in [0.2, 0.25) is 0 Å². The maximum atomic E-state index is 9.76. The van der Waals surface area contributed by atoms with Crippen LogP contribution in [0.3, 0.4) is 0 Å². The van der Waals surface area contributed by atoms with Gasteiger partial charge < -0.3 is 5.11 Å². The minimum atomic E-state index is 0.000697. The molecule has 2 saturated heterocycles. The van der Waals surface area contributed by atoms with Crippen LogP contribution >= 0.6 is 0 Å². The van der Waals surface area contributed by atoms with Gasteiger partial charge in [-0.05, 0) is 44.4 Å². The summed E-state index contributed by atoms with van der Waals surface area (Å²) < 4.78 is 0. The zero-order chi connectivity index (χ0) is 9.54. The third-order valence-corrected chi connectivity index (χ3v) is 4.27. The second-order valence-electron chi connectivity index (χ2n) is 5.50. The Labute approximate surface area is 86.3 Å². The standard InChI is InChI=1S/C12H21NO/c14-12-6-10-2-1-3-11(7-12)13(10)8-9-4-5-9/h9-12,14H,1-8H2/t10-,11+,12?. The Morgan fingerprint density at radius 2 is 1.64 bits per heavy atom. The molecule has 3 atom stereocenters. The molecule has 0 aromatic heterocycles. The molecule has 2 bridgehead atoms. The molecule has 3 aliphatic rings. The monoisotopic (exact) mass is 195 g/mol. The van der Waals surface area contributed by atoms with E-state index in [0.717, 1.165) is 30.8 Å². The minimum Gasteiger partial charge on any atom is -0.393 e. The molecule has 1 unspecified atom stereocenters. The van der Waals surface area contributed by atoms with Gasteiger partial charge in [-0.25, -0.2) is 0 Å². The fraction of sp³-hybridized carbons (Fsp3) is 1.00. The van der Waals surface area contributed by atoms with Crippen LogP contribution in [0.5, 0.6) is 0 Å². The van der Waals surface area contributed by atoms with E-state index in [0.29, 0.717) is 0 Å². The molecule has 1 saturated carbocycles. The van der Waals surface area contributed by atoms with Gasteiger partial charge in [0.05, 0.1) is 6.10 Å². The van der Waals surface area contributed by atoms with Crippen LogP contribution in [0.1, 0.15) is 44.9 Å². The van der Waals surface area contributed by atoms with E-state index >= 15 is 0 Å². The third kappa shape index (κ3) is 1.70. The van der Waals surface area contributed by atoms with Crippen molar-refractivity contribution in [2.75, 3.05) is 6.54 Å². The van der Waals surface area contributed by atoms with E-state index in [1.807, 2.05) is 0 Å². The maximum Gasteiger partial charge on any atom is 0.0570 e. The lowest BCUT2D eigenvalue weighted by Crippen LogP contribution is -2.53. The quantitative estimate of drug-likeness (QED) is 0.726. The van der Waals surface area contributed by atoms with E-state index in [4.69, 9.17) is 0 Å². The molecule has 3 fully saturated rings. The highest BCUT2D eigenvalue weighted by Crippen LogP contribution is 2.38. The number of aliphatic hydroxyl groups is 1. The first-order chi connectivity index (χ1) is 6.83. The molecule has 2 aliphatic heterocycles. The Morgan fingerprint density at radius 3 is 2.21 bits per heavy atom. The number of rotatable bonds is 2. The average Bonchev–Trinajstić information content (AvgIpc) is 2.90. The summed E-state index contributed by atoms with van der Waals surface area (Å²) in [6.45, 7) is 1.34. The molecule has 1 N–H and O–H groups in total. The van der Waals surface area contributed by atoms with Gasteiger partial charge in [0, 0.05) is 18.6 Å². The molecule has 0 amide bonds. The predicted molar refractivity (Wildman–Crippen MR) is 56.1 cm³/mol. The van der Waals surface area contributed by atoms with Crippen molar-refractivity contribution in [3.05, 3.63) is 0 Å². The van der Waals surface area contributed by atoms with Crippen molar-refractivity contribution in [1.29, 1.82) is 0 Å². The van der Waals surface area contributed by atoms with E-state index in [1.165, 1.54) is 38.6 Å². The molecule has 1 aliphatic carbocycles. The molecule has 0 radical (unpaired) electrons. The SMILES string of the molecule is OC1C[C@H]2CCC[C@@H](C1)N2CC1CC1. The fourth-order valence-electron chi connectivity index (χ4n) is 3.35. The summed E-state index contributed by atoms with van der Waals surface area (Å²) in [5.41, 5.74) is 0. The fourth-order valence-corrected chi connectivity index (χ4v) is 3.35. The van der Waals surface area contributed by atoms with Gasteiger partial charge in [0.15, 0.2) is 0 Å². The Morgan fingerprint density at radius 1 is 1.00 bits per heavy atom. The lowest BCUT2D eigenvalue weighted by atomic mass is 9.83. The first-order valence-electron chi connectivity index (χ1n) is 6.27. The van der Waals surface area contributed by atoms with E-state index in [-0.39, 0.29) is 6.10 Å². The number of fused-ring (bicyclic) bond motifs is 2. The number of nitrogens with zero attached hydrogens (tertiary/aromatic N) is 1. The van der Waals surface area contributed by atoms with Crippen LogP contribution in [0.25, 0.3) is 0 Å². The van der Waals surface area contributed by atoms with Gasteiger partial charge in [-0.1, -0.05) is 6.42 Å². The highest BCUT2D eigenvalue weighted by atomic mass is 16.3. The average molecular weight is 195 g/mol. The molecular weight excluding hydrogens is 174 g/mol. The van der Waals surface area contributed by atoms with Crippen LogP contribution in [-0.2, 0) is 0 Å². The summed E-state index contributed by atoms with van der Waals surface area (Å²) >= 11 is 0. The van der Waals surface area contributed by atoms with Crippen LogP contribution in [0, 0.1) is 5.92 Å². The summed E-state index contributed by atoms with van der Waals surface area (Å²) in [5.74, 6) is 1.01. The summed E-state index contributed by atoms with van der Waals surface area (Å²) in [7, 11) is 0. The zero-order valence-electron chi connectivity index (χ0n) is 8.86. The lowest BCUT2D eigenvalue weighted by molar-refractivity contribution is -0.0285. The van der Waals surface area contributed by atoms with E-state index < -0.39 is 0 Å². The summed E-state index contributed by atoms with van der Waals surface area (Å²) in [6.07, 6.45) is 9.06. The van der Waals surface area contributed by atoms with Gasteiger partial charge in [0.2, 0.25) is 0 Å². The van der Waals surface area contributed by atoms with Gasteiger partial charge in [-0.15, -0.1) is 0 Å². The molecule has 0 aromatic rings. The Hall–Kier alpha value is -0.0800. The van der Waals surface area contributed by atoms with Gasteiger partial charge in [-0.3, -0.25) is 4.90 Å². The summed E-state index contributed by atoms with van der Waals surface area (Å²) in [5, 5.41) is 9.76. The highest BCUT2D eigenvalue weighted by molar-refractivity contribution is 4.94. The highest BCUT2D eigenvalue weighted by Gasteiger charge is 2.39. The van der Waals surface area contributed by atoms with Crippen molar-refractivity contribution < 1.29 is 5.11 Å². The maximum absolute atomic E-state index is 9.76. The second kappa shape index (κ2) is 3.49. The van der Waals surface area contributed by atoms with Crippen LogP contribution in [0.15, 0.2) is 0 Å². The molecule has 3 rings (SSSR count). The number of hydrogen-bond acceptors (Lipinski definition) is 2. The van der Waals surface area contributed by atoms with Crippen LogP contribution < -0.4 is 0 Å². The smallest absolute Gasteiger partial charge is 0.0570 e. The molecule has 2 heteroatoms. The number of hydrogen-bond donors (Lipinski definition) is 1. The molecule has 2 heterocycles. The van der Waals surface area contributed by atoms with Crippen LogP contribution in [0.4, 0.5) is 0 Å². The van der Waals surface area contributed by atoms with E-state index in [9.17, 15) is 5.11 Å². The topological polar surface area (TPSA) is 23.5 Å². The van der Waals surface area contributed by atoms with Crippen molar-refractivity contribution in [3.63, 3.8) is 0 Å². The Bertz CT molecular complexity index is 200. The molecule has 0 spiro atoms. The molecule has 14 heavy (non-hydrogen) atoms. The largest absolute Gasteiger partial charge is 0.393 e. The summed E-state index contributed by atoms with van der Waals surface area (Å²) in [4.78, 5) is 2.73. The molecule has 0 aromatic carbocycles.